The van der Waals surface area contributed by atoms with E-state index in [9.17, 15) is 24.3 Å². The molecule has 0 aromatic heterocycles. The van der Waals surface area contributed by atoms with E-state index >= 15 is 0 Å². The zero-order valence-corrected chi connectivity index (χ0v) is 19.2. The Kier molecular flexibility index (Phi) is 5.47. The predicted molar refractivity (Wildman–Crippen MR) is 114 cm³/mol. The van der Waals surface area contributed by atoms with Crippen LogP contribution in [-0.4, -0.2) is 46.9 Å². The van der Waals surface area contributed by atoms with E-state index < -0.39 is 41.4 Å². The zero-order chi connectivity index (χ0) is 23.5. The van der Waals surface area contributed by atoms with Crippen LogP contribution in [0.15, 0.2) is 23.3 Å². The molecule has 0 bridgehead atoms. The predicted octanol–water partition coefficient (Wildman–Crippen LogP) is 2.84. The summed E-state index contributed by atoms with van der Waals surface area (Å²) in [5, 5.41) is 11.9. The number of aliphatic hydroxyl groups is 1. The monoisotopic (exact) mass is 444 g/mol. The third-order valence-electron chi connectivity index (χ3n) is 8.67. The van der Waals surface area contributed by atoms with Crippen LogP contribution in [-0.2, 0) is 28.7 Å². The fourth-order valence-corrected chi connectivity index (χ4v) is 6.97. The lowest BCUT2D eigenvalue weighted by atomic mass is 9.50. The van der Waals surface area contributed by atoms with Crippen LogP contribution in [0.25, 0.3) is 0 Å². The van der Waals surface area contributed by atoms with Crippen molar-refractivity contribution in [1.82, 2.24) is 0 Å². The van der Waals surface area contributed by atoms with Crippen molar-refractivity contribution in [1.29, 1.82) is 0 Å². The summed E-state index contributed by atoms with van der Waals surface area (Å²) in [6, 6.07) is 0. The SMILES string of the molecule is CC(=O)OCC(=O)[C@@]1(O)[C@H](OC(C)=O)C[C@H]2[C@@H]3CCC4=CC(=O)CC[C@]4(C)C3=CC[C@@]21C. The van der Waals surface area contributed by atoms with E-state index in [1.54, 1.807) is 0 Å². The van der Waals surface area contributed by atoms with Gasteiger partial charge >= 0.3 is 11.9 Å². The number of ketones is 2. The molecule has 7 nitrogen and oxygen atoms in total. The Morgan fingerprint density at radius 3 is 2.53 bits per heavy atom. The van der Waals surface area contributed by atoms with Gasteiger partial charge < -0.3 is 14.6 Å². The van der Waals surface area contributed by atoms with Gasteiger partial charge in [-0.1, -0.05) is 31.1 Å². The molecular formula is C25H32O7. The van der Waals surface area contributed by atoms with E-state index in [1.807, 2.05) is 13.0 Å². The second-order valence-corrected chi connectivity index (χ2v) is 10.3. The van der Waals surface area contributed by atoms with Gasteiger partial charge in [0.25, 0.3) is 0 Å². The van der Waals surface area contributed by atoms with Gasteiger partial charge in [0.05, 0.1) is 0 Å². The van der Waals surface area contributed by atoms with Crippen LogP contribution in [0.4, 0.5) is 0 Å². The van der Waals surface area contributed by atoms with Crippen molar-refractivity contribution in [2.24, 2.45) is 22.7 Å². The Bertz CT molecular complexity index is 946. The smallest absolute Gasteiger partial charge is 0.303 e. The van der Waals surface area contributed by atoms with Gasteiger partial charge in [-0.05, 0) is 50.0 Å². The molecule has 0 unspecified atom stereocenters. The summed E-state index contributed by atoms with van der Waals surface area (Å²) in [7, 11) is 0. The van der Waals surface area contributed by atoms with Crippen LogP contribution >= 0.6 is 0 Å². The summed E-state index contributed by atoms with van der Waals surface area (Å²) in [6.07, 6.45) is 6.68. The Hall–Kier alpha value is -2.28. The number of ether oxygens (including phenoxy) is 2. The van der Waals surface area contributed by atoms with Gasteiger partial charge in [-0.3, -0.25) is 19.2 Å². The van der Waals surface area contributed by atoms with E-state index in [0.29, 0.717) is 19.3 Å². The van der Waals surface area contributed by atoms with Gasteiger partial charge in [0.15, 0.2) is 18.0 Å². The first-order valence-corrected chi connectivity index (χ1v) is 11.4. The second kappa shape index (κ2) is 7.65. The topological polar surface area (TPSA) is 107 Å². The second-order valence-electron chi connectivity index (χ2n) is 10.3. The zero-order valence-electron chi connectivity index (χ0n) is 19.2. The number of fused-ring (bicyclic) bond motifs is 5. The third kappa shape index (κ3) is 3.19. The maximum Gasteiger partial charge on any atom is 0.303 e. The highest BCUT2D eigenvalue weighted by atomic mass is 16.6. The minimum atomic E-state index is -1.94. The average molecular weight is 445 g/mol. The van der Waals surface area contributed by atoms with Gasteiger partial charge in [-0.15, -0.1) is 0 Å². The van der Waals surface area contributed by atoms with E-state index in [1.165, 1.54) is 25.0 Å². The summed E-state index contributed by atoms with van der Waals surface area (Å²) in [4.78, 5) is 48.4. The molecule has 2 saturated carbocycles. The molecule has 0 aromatic rings. The van der Waals surface area contributed by atoms with E-state index in [0.717, 1.165) is 19.3 Å². The van der Waals surface area contributed by atoms with Crippen LogP contribution in [0.1, 0.15) is 66.2 Å². The lowest BCUT2D eigenvalue weighted by Gasteiger charge is -2.54. The highest BCUT2D eigenvalue weighted by Crippen LogP contribution is 2.66. The molecule has 4 aliphatic rings. The number of rotatable bonds is 4. The number of hydrogen-bond acceptors (Lipinski definition) is 7. The van der Waals surface area contributed by atoms with Crippen molar-refractivity contribution in [3.63, 3.8) is 0 Å². The van der Waals surface area contributed by atoms with Crippen LogP contribution in [0.3, 0.4) is 0 Å². The molecule has 0 amide bonds. The Morgan fingerprint density at radius 2 is 1.88 bits per heavy atom. The molecule has 32 heavy (non-hydrogen) atoms. The molecule has 0 saturated heterocycles. The van der Waals surface area contributed by atoms with E-state index in [4.69, 9.17) is 9.47 Å². The number of esters is 2. The summed E-state index contributed by atoms with van der Waals surface area (Å²) in [6.45, 7) is 6.00. The van der Waals surface area contributed by atoms with Crippen LogP contribution in [0.5, 0.6) is 0 Å². The van der Waals surface area contributed by atoms with Crippen molar-refractivity contribution in [3.8, 4) is 0 Å². The van der Waals surface area contributed by atoms with Crippen LogP contribution in [0.2, 0.25) is 0 Å². The first-order chi connectivity index (χ1) is 14.9. The van der Waals surface area contributed by atoms with Crippen molar-refractivity contribution in [3.05, 3.63) is 23.3 Å². The van der Waals surface area contributed by atoms with Crippen molar-refractivity contribution in [2.75, 3.05) is 6.61 Å². The van der Waals surface area contributed by atoms with Crippen molar-refractivity contribution < 1.29 is 33.8 Å². The highest BCUT2D eigenvalue weighted by molar-refractivity contribution is 5.93. The normalized spacial score (nSPS) is 40.3. The molecule has 4 aliphatic carbocycles. The standard InChI is InChI=1S/C25H32O7/c1-14(26)31-13-21(29)25(30)22(32-15(2)27)12-20-18-6-5-16-11-17(28)7-9-23(16,3)19(18)8-10-24(20,25)4/h8,11,18,20,22,30H,5-7,9-10,12-13H2,1-4H3/t18-,20+,22-,23+,24+,25-/m1/s1. The summed E-state index contributed by atoms with van der Waals surface area (Å²) in [5.41, 5.74) is -0.530. The Labute approximate surface area is 188 Å². The lowest BCUT2D eigenvalue weighted by Crippen LogP contribution is -2.60. The van der Waals surface area contributed by atoms with Gasteiger partial charge in [-0.2, -0.15) is 0 Å². The minimum absolute atomic E-state index is 0.0749. The number of carbonyl (C=O) groups excluding carboxylic acids is 4. The lowest BCUT2D eigenvalue weighted by molar-refractivity contribution is -0.184. The van der Waals surface area contributed by atoms with Gasteiger partial charge in [0.2, 0.25) is 5.78 Å². The van der Waals surface area contributed by atoms with Crippen LogP contribution in [0, 0.1) is 22.7 Å². The summed E-state index contributed by atoms with van der Waals surface area (Å²) >= 11 is 0. The first kappa shape index (κ1) is 22.9. The fraction of sp³-hybridized carbons (Fsp3) is 0.680. The first-order valence-electron chi connectivity index (χ1n) is 11.4. The Morgan fingerprint density at radius 1 is 1.16 bits per heavy atom. The van der Waals surface area contributed by atoms with Crippen molar-refractivity contribution in [2.45, 2.75) is 77.9 Å². The van der Waals surface area contributed by atoms with Crippen molar-refractivity contribution >= 4 is 23.5 Å². The molecule has 2 fully saturated rings. The molecule has 0 radical (unpaired) electrons. The highest BCUT2D eigenvalue weighted by Gasteiger charge is 2.70. The molecule has 1 N–H and O–H groups in total. The van der Waals surface area contributed by atoms with Crippen LogP contribution < -0.4 is 0 Å². The maximum absolute atomic E-state index is 13.2. The maximum atomic E-state index is 13.2. The third-order valence-corrected chi connectivity index (χ3v) is 8.67. The van der Waals surface area contributed by atoms with Gasteiger partial charge in [0.1, 0.15) is 6.10 Å². The molecule has 174 valence electrons. The minimum Gasteiger partial charge on any atom is -0.459 e. The van der Waals surface area contributed by atoms with E-state index in [2.05, 4.69) is 13.0 Å². The molecule has 6 atom stereocenters. The molecular weight excluding hydrogens is 412 g/mol. The number of allylic oxidation sites excluding steroid dienone is 4. The molecule has 7 heteroatoms. The molecule has 0 spiro atoms. The number of Topliss-reactive ketones (excluding diaryl/α,β-unsaturated/α-hetero) is 1. The summed E-state index contributed by atoms with van der Waals surface area (Å²) < 4.78 is 10.4. The average Bonchev–Trinajstić information content (AvgIpc) is 2.94. The molecule has 4 rings (SSSR count). The Balaban J connectivity index is 1.74. The van der Waals surface area contributed by atoms with Gasteiger partial charge in [0, 0.05) is 31.1 Å². The number of hydrogen-bond donors (Lipinski definition) is 1. The molecule has 0 heterocycles. The largest absolute Gasteiger partial charge is 0.459 e. The van der Waals surface area contributed by atoms with Gasteiger partial charge in [-0.25, -0.2) is 0 Å². The quantitative estimate of drug-likeness (QED) is 0.525. The van der Waals surface area contributed by atoms with E-state index in [-0.39, 0.29) is 23.0 Å². The fourth-order valence-electron chi connectivity index (χ4n) is 6.97. The summed E-state index contributed by atoms with van der Waals surface area (Å²) in [5.74, 6) is -1.57. The molecule has 0 aromatic carbocycles. The number of carbonyl (C=O) groups is 4. The molecule has 0 aliphatic heterocycles.